The van der Waals surface area contributed by atoms with Crippen LogP contribution in [0, 0.1) is 23.7 Å². The Bertz CT molecular complexity index is 564. The number of halogens is 7. The molecule has 0 amide bonds. The molecular weight excluding hydrogens is 392 g/mol. The van der Waals surface area contributed by atoms with E-state index in [1.165, 1.54) is 0 Å². The molecule has 4 bridgehead atoms. The van der Waals surface area contributed by atoms with Crippen LogP contribution in [0.4, 0.5) is 0 Å². The standard InChI is InChI=1S/C12H7Cl7/c13-5-2-3-1-4(5)7-6(3)10(16)8(14)9(15)11(7,17)12(10,18)19/h2-4,6-7H,1H2/t3-,4+,6+,7+,10-,11-/m0/s1. The molecule has 0 aromatic heterocycles. The molecule has 2 fully saturated rings. The van der Waals surface area contributed by atoms with Crippen LogP contribution in [-0.2, 0) is 0 Å². The van der Waals surface area contributed by atoms with Crippen LogP contribution in [0.25, 0.3) is 0 Å². The zero-order valence-corrected chi connectivity index (χ0v) is 14.5. The third kappa shape index (κ3) is 1.17. The summed E-state index contributed by atoms with van der Waals surface area (Å²) < 4.78 is -1.43. The predicted octanol–water partition coefficient (Wildman–Crippen LogP) is 5.84. The van der Waals surface area contributed by atoms with E-state index in [0.29, 0.717) is 0 Å². The molecule has 0 heterocycles. The molecule has 0 nitrogen and oxygen atoms in total. The van der Waals surface area contributed by atoms with E-state index >= 15 is 0 Å². The van der Waals surface area contributed by atoms with E-state index in [1.54, 1.807) is 0 Å². The van der Waals surface area contributed by atoms with Crippen molar-refractivity contribution in [3.63, 3.8) is 0 Å². The largest absolute Gasteiger partial charge is 0.166 e. The highest BCUT2D eigenvalue weighted by atomic mass is 35.5. The molecule has 4 aliphatic carbocycles. The number of hydrogen-bond acceptors (Lipinski definition) is 0. The minimum atomic E-state index is -1.43. The van der Waals surface area contributed by atoms with Gasteiger partial charge in [-0.05, 0) is 24.2 Å². The van der Waals surface area contributed by atoms with E-state index in [2.05, 4.69) is 0 Å². The van der Waals surface area contributed by atoms with E-state index < -0.39 is 14.1 Å². The first kappa shape index (κ1) is 14.1. The van der Waals surface area contributed by atoms with Gasteiger partial charge in [0.1, 0.15) is 9.75 Å². The van der Waals surface area contributed by atoms with Crippen LogP contribution < -0.4 is 0 Å². The van der Waals surface area contributed by atoms with Gasteiger partial charge in [-0.15, -0.1) is 23.2 Å². The van der Waals surface area contributed by atoms with Crippen molar-refractivity contribution in [2.45, 2.75) is 20.5 Å². The highest BCUT2D eigenvalue weighted by molar-refractivity contribution is 6.65. The maximum atomic E-state index is 6.78. The summed E-state index contributed by atoms with van der Waals surface area (Å²) in [5, 5.41) is 1.37. The van der Waals surface area contributed by atoms with Gasteiger partial charge in [0.2, 0.25) is 0 Å². The Kier molecular flexibility index (Phi) is 2.75. The number of rotatable bonds is 0. The van der Waals surface area contributed by atoms with Crippen molar-refractivity contribution >= 4 is 81.2 Å². The Morgan fingerprint density at radius 3 is 2.00 bits per heavy atom. The molecule has 0 unspecified atom stereocenters. The van der Waals surface area contributed by atoms with E-state index in [1.807, 2.05) is 6.08 Å². The summed E-state index contributed by atoms with van der Waals surface area (Å²) in [6.07, 6.45) is 2.94. The third-order valence-electron chi connectivity index (χ3n) is 5.20. The van der Waals surface area contributed by atoms with Crippen LogP contribution in [0.1, 0.15) is 6.42 Å². The normalized spacial score (nSPS) is 56.9. The highest BCUT2D eigenvalue weighted by Gasteiger charge is 2.85. The smallest absolute Gasteiger partial charge is 0.109 e. The van der Waals surface area contributed by atoms with Crippen molar-refractivity contribution in [2.24, 2.45) is 23.7 Å². The number of allylic oxidation sites excluding steroid dienone is 4. The second kappa shape index (κ2) is 3.70. The quantitative estimate of drug-likeness (QED) is 0.355. The first-order valence-corrected chi connectivity index (χ1v) is 8.52. The lowest BCUT2D eigenvalue weighted by Gasteiger charge is -2.38. The van der Waals surface area contributed by atoms with Gasteiger partial charge in [0.05, 0.1) is 10.1 Å². The first-order valence-electron chi connectivity index (χ1n) is 5.88. The summed E-state index contributed by atoms with van der Waals surface area (Å²) in [6, 6.07) is 0. The van der Waals surface area contributed by atoms with Crippen LogP contribution >= 0.6 is 81.2 Å². The van der Waals surface area contributed by atoms with Crippen molar-refractivity contribution < 1.29 is 0 Å². The van der Waals surface area contributed by atoms with Gasteiger partial charge in [0.25, 0.3) is 0 Å². The molecule has 0 saturated heterocycles. The summed E-state index contributed by atoms with van der Waals surface area (Å²) in [4.78, 5) is -2.29. The highest BCUT2D eigenvalue weighted by Crippen LogP contribution is 2.82. The minimum Gasteiger partial charge on any atom is -0.109 e. The SMILES string of the molecule is ClC1=C[C@@H]2C[C@H]1[C@@H]1[C@@H]2[C@]2(Cl)C(Cl)=C(Cl)[C@]1(Cl)C2(Cl)Cl. The van der Waals surface area contributed by atoms with E-state index in [9.17, 15) is 0 Å². The number of alkyl halides is 4. The van der Waals surface area contributed by atoms with Gasteiger partial charge in [-0.1, -0.05) is 64.1 Å². The van der Waals surface area contributed by atoms with Gasteiger partial charge in [-0.25, -0.2) is 0 Å². The van der Waals surface area contributed by atoms with Gasteiger partial charge in [-0.3, -0.25) is 0 Å². The Morgan fingerprint density at radius 2 is 1.42 bits per heavy atom. The van der Waals surface area contributed by atoms with Crippen LogP contribution in [0.5, 0.6) is 0 Å². The van der Waals surface area contributed by atoms with E-state index in [4.69, 9.17) is 81.2 Å². The molecule has 104 valence electrons. The summed E-state index contributed by atoms with van der Waals surface area (Å²) >= 11 is 45.5. The Balaban J connectivity index is 2.01. The molecule has 0 radical (unpaired) electrons. The lowest BCUT2D eigenvalue weighted by atomic mass is 9.75. The molecule has 0 N–H and O–H groups in total. The zero-order valence-electron chi connectivity index (χ0n) is 9.24. The topological polar surface area (TPSA) is 0 Å². The molecule has 6 atom stereocenters. The fraction of sp³-hybridized carbons (Fsp3) is 0.667. The average molecular weight is 399 g/mol. The monoisotopic (exact) mass is 396 g/mol. The van der Waals surface area contributed by atoms with Crippen molar-refractivity contribution in [1.82, 2.24) is 0 Å². The van der Waals surface area contributed by atoms with Crippen LogP contribution in [0.2, 0.25) is 0 Å². The molecule has 0 spiro atoms. The Hall–Kier alpha value is 1.51. The summed E-state index contributed by atoms with van der Waals surface area (Å²) in [6.45, 7) is 0. The van der Waals surface area contributed by atoms with Crippen molar-refractivity contribution in [1.29, 1.82) is 0 Å². The maximum absolute atomic E-state index is 6.78. The fourth-order valence-corrected chi connectivity index (χ4v) is 8.04. The van der Waals surface area contributed by atoms with Crippen molar-refractivity contribution in [2.75, 3.05) is 0 Å². The lowest BCUT2D eigenvalue weighted by Crippen LogP contribution is -2.46. The van der Waals surface area contributed by atoms with E-state index in [0.717, 1.165) is 11.5 Å². The molecule has 4 rings (SSSR count). The lowest BCUT2D eigenvalue weighted by molar-refractivity contribution is 0.302. The fourth-order valence-electron chi connectivity index (χ4n) is 4.53. The third-order valence-corrected chi connectivity index (χ3v) is 9.90. The van der Waals surface area contributed by atoms with Crippen LogP contribution in [0.15, 0.2) is 21.2 Å². The summed E-state index contributed by atoms with van der Waals surface area (Å²) in [5.41, 5.74) is 0. The first-order chi connectivity index (χ1) is 8.69. The second-order valence-electron chi connectivity index (χ2n) is 5.74. The van der Waals surface area contributed by atoms with Crippen molar-refractivity contribution in [3.05, 3.63) is 21.2 Å². The van der Waals surface area contributed by atoms with Crippen LogP contribution in [0.3, 0.4) is 0 Å². The van der Waals surface area contributed by atoms with Gasteiger partial charge in [0, 0.05) is 11.0 Å². The average Bonchev–Trinajstić information content (AvgIpc) is 2.95. The number of hydrogen-bond donors (Lipinski definition) is 0. The predicted molar refractivity (Wildman–Crippen MR) is 82.9 cm³/mol. The molecule has 0 aliphatic heterocycles. The molecule has 4 aliphatic rings. The Labute approximate surface area is 145 Å². The van der Waals surface area contributed by atoms with Gasteiger partial charge >= 0.3 is 0 Å². The molecule has 2 saturated carbocycles. The van der Waals surface area contributed by atoms with Gasteiger partial charge in [0.15, 0.2) is 4.33 Å². The Morgan fingerprint density at radius 1 is 0.895 bits per heavy atom. The van der Waals surface area contributed by atoms with Crippen molar-refractivity contribution in [3.8, 4) is 0 Å². The van der Waals surface area contributed by atoms with E-state index in [-0.39, 0.29) is 33.7 Å². The maximum Gasteiger partial charge on any atom is 0.166 e. The van der Waals surface area contributed by atoms with Gasteiger partial charge < -0.3 is 0 Å². The van der Waals surface area contributed by atoms with Gasteiger partial charge in [-0.2, -0.15) is 0 Å². The molecule has 19 heavy (non-hydrogen) atoms. The molecular formula is C12H7Cl7. The molecule has 0 aromatic carbocycles. The molecule has 7 heteroatoms. The summed E-state index contributed by atoms with van der Waals surface area (Å²) in [7, 11) is 0. The summed E-state index contributed by atoms with van der Waals surface area (Å²) in [5.74, 6) is 0.226. The zero-order chi connectivity index (χ0) is 14.0. The second-order valence-corrected chi connectivity index (χ2v) is 9.45. The minimum absolute atomic E-state index is 0.0239. The molecule has 0 aromatic rings. The van der Waals surface area contributed by atoms with Crippen LogP contribution in [-0.4, -0.2) is 14.1 Å². The number of fused-ring (bicyclic) bond motifs is 9.